The third kappa shape index (κ3) is 5.36. The molecule has 0 aromatic heterocycles. The topological polar surface area (TPSA) is 21.7 Å². The Morgan fingerprint density at radius 3 is 1.91 bits per heavy atom. The van der Waals surface area contributed by atoms with Crippen molar-refractivity contribution in [3.63, 3.8) is 0 Å². The zero-order valence-electron chi connectivity index (χ0n) is 27.4. The number of hydrogen-bond acceptors (Lipinski definition) is 3. The van der Waals surface area contributed by atoms with Gasteiger partial charge in [0.25, 0.3) is 8.32 Å². The number of rotatable bonds is 10. The van der Waals surface area contributed by atoms with Crippen molar-refractivity contribution in [2.45, 2.75) is 83.2 Å². The SMILES string of the molecule is C=CC[C@]1([C@@H](C=C)CO[Si](c2ccccc2)(c2ccccc2)C(C)(C)C)CC[C@]2(C)OC(C)(C)[C@@H](c3ccccc3)N2C1=S. The van der Waals surface area contributed by atoms with Gasteiger partial charge < -0.3 is 14.1 Å². The van der Waals surface area contributed by atoms with Crippen LogP contribution in [0.3, 0.4) is 0 Å². The molecule has 0 spiro atoms. The van der Waals surface area contributed by atoms with Crippen molar-refractivity contribution in [3.05, 3.63) is 122 Å². The molecule has 232 valence electrons. The van der Waals surface area contributed by atoms with Gasteiger partial charge in [-0.1, -0.05) is 136 Å². The zero-order valence-corrected chi connectivity index (χ0v) is 29.2. The maximum absolute atomic E-state index is 7.51. The maximum Gasteiger partial charge on any atom is 0.261 e. The van der Waals surface area contributed by atoms with Crippen LogP contribution in [0, 0.1) is 11.3 Å². The van der Waals surface area contributed by atoms with Gasteiger partial charge in [-0.05, 0) is 61.0 Å². The number of hydrogen-bond donors (Lipinski definition) is 0. The summed E-state index contributed by atoms with van der Waals surface area (Å²) in [4.78, 5) is 3.35. The van der Waals surface area contributed by atoms with Crippen LogP contribution in [0.1, 0.15) is 72.4 Å². The fraction of sp³-hybridized carbons (Fsp3) is 0.410. The van der Waals surface area contributed by atoms with Gasteiger partial charge in [0.05, 0.1) is 16.6 Å². The van der Waals surface area contributed by atoms with Crippen molar-refractivity contribution < 1.29 is 9.16 Å². The molecule has 0 bridgehead atoms. The highest BCUT2D eigenvalue weighted by atomic mass is 32.1. The van der Waals surface area contributed by atoms with Crippen LogP contribution in [0.4, 0.5) is 0 Å². The summed E-state index contributed by atoms with van der Waals surface area (Å²) < 4.78 is 14.4. The Labute approximate surface area is 272 Å². The molecule has 2 aliphatic heterocycles. The van der Waals surface area contributed by atoms with Gasteiger partial charge in [-0.3, -0.25) is 0 Å². The molecule has 2 heterocycles. The lowest BCUT2D eigenvalue weighted by molar-refractivity contribution is -0.122. The molecule has 2 aliphatic rings. The fourth-order valence-electron chi connectivity index (χ4n) is 8.12. The number of piperidine rings is 1. The summed E-state index contributed by atoms with van der Waals surface area (Å²) in [5.74, 6) is -0.0145. The second kappa shape index (κ2) is 12.2. The summed E-state index contributed by atoms with van der Waals surface area (Å²) in [6.45, 7) is 22.7. The van der Waals surface area contributed by atoms with Gasteiger partial charge >= 0.3 is 0 Å². The summed E-state index contributed by atoms with van der Waals surface area (Å²) in [6, 6.07) is 32.4. The predicted molar refractivity (Wildman–Crippen MR) is 191 cm³/mol. The van der Waals surface area contributed by atoms with E-state index in [1.165, 1.54) is 15.9 Å². The first-order valence-electron chi connectivity index (χ1n) is 15.9. The average Bonchev–Trinajstić information content (AvgIpc) is 3.23. The molecule has 0 amide bonds. The molecule has 0 radical (unpaired) electrons. The van der Waals surface area contributed by atoms with Gasteiger partial charge in [0, 0.05) is 17.9 Å². The van der Waals surface area contributed by atoms with E-state index in [-0.39, 0.29) is 22.4 Å². The van der Waals surface area contributed by atoms with E-state index >= 15 is 0 Å². The molecule has 2 fully saturated rings. The second-order valence-corrected chi connectivity index (χ2v) is 19.0. The number of ether oxygens (including phenoxy) is 1. The van der Waals surface area contributed by atoms with Gasteiger partial charge in [0.1, 0.15) is 5.72 Å². The van der Waals surface area contributed by atoms with E-state index in [0.717, 1.165) is 24.3 Å². The zero-order chi connectivity index (χ0) is 31.8. The first-order valence-corrected chi connectivity index (χ1v) is 18.3. The first-order chi connectivity index (χ1) is 20.9. The van der Waals surface area contributed by atoms with E-state index in [9.17, 15) is 0 Å². The number of fused-ring (bicyclic) bond motifs is 1. The van der Waals surface area contributed by atoms with E-state index < -0.39 is 19.6 Å². The Morgan fingerprint density at radius 1 is 0.909 bits per heavy atom. The first kappa shape index (κ1) is 32.6. The van der Waals surface area contributed by atoms with Crippen LogP contribution in [0.5, 0.6) is 0 Å². The van der Waals surface area contributed by atoms with Gasteiger partial charge in [-0.15, -0.1) is 13.2 Å². The van der Waals surface area contributed by atoms with Crippen LogP contribution < -0.4 is 10.4 Å². The van der Waals surface area contributed by atoms with Gasteiger partial charge in [-0.25, -0.2) is 0 Å². The van der Waals surface area contributed by atoms with Crippen LogP contribution >= 0.6 is 12.2 Å². The van der Waals surface area contributed by atoms with Gasteiger partial charge in [-0.2, -0.15) is 0 Å². The van der Waals surface area contributed by atoms with Crippen molar-refractivity contribution in [3.8, 4) is 0 Å². The second-order valence-electron chi connectivity index (χ2n) is 14.3. The van der Waals surface area contributed by atoms with E-state index in [2.05, 4.69) is 157 Å². The smallest absolute Gasteiger partial charge is 0.261 e. The Bertz CT molecular complexity index is 1430. The summed E-state index contributed by atoms with van der Waals surface area (Å²) in [5, 5.41) is 2.43. The molecular formula is C39H49NO2SSi. The predicted octanol–water partition coefficient (Wildman–Crippen LogP) is 8.62. The molecule has 44 heavy (non-hydrogen) atoms. The number of allylic oxidation sites excluding steroid dienone is 1. The van der Waals surface area contributed by atoms with E-state index in [1.807, 2.05) is 6.08 Å². The van der Waals surface area contributed by atoms with E-state index in [1.54, 1.807) is 0 Å². The molecule has 4 atom stereocenters. The summed E-state index contributed by atoms with van der Waals surface area (Å²) in [7, 11) is -2.76. The van der Waals surface area contributed by atoms with Crippen LogP contribution in [0.25, 0.3) is 0 Å². The third-order valence-corrected chi connectivity index (χ3v) is 15.7. The standard InChI is InChI=1S/C39H49NO2SSi/c1-9-26-39(28-27-38(8)40(35(39)43)34(37(6,7)42-38)30-20-14-11-15-21-30)31(10-2)29-41-44(36(3,4)5,32-22-16-12-17-23-32)33-24-18-13-19-25-33/h9-25,31,34H,1-2,26-29H2,3-8H3/t31-,34+,38-,39+/m0/s1. The highest BCUT2D eigenvalue weighted by molar-refractivity contribution is 7.80. The lowest BCUT2D eigenvalue weighted by Crippen LogP contribution is -2.67. The van der Waals surface area contributed by atoms with Crippen molar-refractivity contribution in [1.82, 2.24) is 4.90 Å². The van der Waals surface area contributed by atoms with Crippen LogP contribution in [0.15, 0.2) is 116 Å². The highest BCUT2D eigenvalue weighted by Crippen LogP contribution is 2.58. The monoisotopic (exact) mass is 623 g/mol. The molecule has 0 saturated carbocycles. The minimum absolute atomic E-state index is 0.00578. The molecule has 0 N–H and O–H groups in total. The van der Waals surface area contributed by atoms with E-state index in [0.29, 0.717) is 6.61 Å². The molecule has 3 aromatic carbocycles. The van der Waals surface area contributed by atoms with Crippen molar-refractivity contribution in [2.24, 2.45) is 11.3 Å². The summed E-state index contributed by atoms with van der Waals surface area (Å²) in [5.41, 5.74) is -0.0622. The lowest BCUT2D eigenvalue weighted by atomic mass is 9.65. The largest absolute Gasteiger partial charge is 0.407 e. The van der Waals surface area contributed by atoms with Crippen molar-refractivity contribution in [2.75, 3.05) is 6.61 Å². The van der Waals surface area contributed by atoms with Crippen LogP contribution in [0.2, 0.25) is 5.04 Å². The van der Waals surface area contributed by atoms with Crippen LogP contribution in [-0.4, -0.2) is 36.1 Å². The molecule has 5 heteroatoms. The maximum atomic E-state index is 7.51. The Morgan fingerprint density at radius 2 is 1.43 bits per heavy atom. The highest BCUT2D eigenvalue weighted by Gasteiger charge is 2.62. The summed E-state index contributed by atoms with van der Waals surface area (Å²) >= 11 is 6.61. The quantitative estimate of drug-likeness (QED) is 0.128. The number of benzene rings is 3. The number of thiocarbonyl (C=S) groups is 1. The van der Waals surface area contributed by atoms with Crippen molar-refractivity contribution >= 4 is 35.9 Å². The summed E-state index contributed by atoms with van der Waals surface area (Å²) in [6.07, 6.45) is 6.62. The number of nitrogens with zero attached hydrogens (tertiary/aromatic N) is 1. The minimum atomic E-state index is -2.76. The normalized spacial score (nSPS) is 25.7. The molecule has 0 unspecified atom stereocenters. The molecule has 5 rings (SSSR count). The molecular weight excluding hydrogens is 575 g/mol. The average molecular weight is 624 g/mol. The van der Waals surface area contributed by atoms with Crippen LogP contribution in [-0.2, 0) is 9.16 Å². The Balaban J connectivity index is 1.59. The minimum Gasteiger partial charge on any atom is -0.407 e. The molecule has 3 aromatic rings. The molecule has 0 aliphatic carbocycles. The van der Waals surface area contributed by atoms with Gasteiger partial charge in [0.15, 0.2) is 0 Å². The fourth-order valence-corrected chi connectivity index (χ4v) is 13.3. The van der Waals surface area contributed by atoms with Crippen molar-refractivity contribution in [1.29, 1.82) is 0 Å². The Kier molecular flexibility index (Phi) is 9.00. The van der Waals surface area contributed by atoms with E-state index in [4.69, 9.17) is 21.4 Å². The Hall–Kier alpha value is -2.83. The molecule has 2 saturated heterocycles. The van der Waals surface area contributed by atoms with Gasteiger partial charge in [0.2, 0.25) is 0 Å². The third-order valence-electron chi connectivity index (χ3n) is 10.1. The lowest BCUT2D eigenvalue weighted by Gasteiger charge is -2.54. The molecule has 3 nitrogen and oxygen atoms in total.